The minimum atomic E-state index is 0.562. The van der Waals surface area contributed by atoms with E-state index in [0.717, 1.165) is 77.9 Å². The van der Waals surface area contributed by atoms with Crippen molar-refractivity contribution in [2.75, 3.05) is 0 Å². The Bertz CT molecular complexity index is 3760. The van der Waals surface area contributed by atoms with Gasteiger partial charge in [0, 0.05) is 50.6 Å². The summed E-state index contributed by atoms with van der Waals surface area (Å²) in [5, 5.41) is 4.73. The highest BCUT2D eigenvalue weighted by atomic mass is 15.1. The number of aryl methyl sites for hydroxylation is 4. The van der Waals surface area contributed by atoms with Gasteiger partial charge in [0.1, 0.15) is 11.0 Å². The van der Waals surface area contributed by atoms with Gasteiger partial charge in [0.15, 0.2) is 17.5 Å². The largest absolute Gasteiger partial charge is 0.307 e. The van der Waals surface area contributed by atoms with Gasteiger partial charge in [0.05, 0.1) is 50.2 Å². The zero-order valence-corrected chi connectivity index (χ0v) is 37.4. The molecule has 13 rings (SSSR count). The van der Waals surface area contributed by atoms with E-state index in [-0.39, 0.29) is 0 Å². The Kier molecular flexibility index (Phi) is 8.60. The third-order valence-corrected chi connectivity index (χ3v) is 13.2. The summed E-state index contributed by atoms with van der Waals surface area (Å²) in [6, 6.07) is 60.5. The fourth-order valence-electron chi connectivity index (χ4n) is 10.2. The maximum absolute atomic E-state index is 5.36. The van der Waals surface area contributed by atoms with E-state index in [4.69, 9.17) is 24.9 Å². The molecule has 0 saturated heterocycles. The normalized spacial score (nSPS) is 11.9. The molecule has 6 heterocycles. The quantitative estimate of drug-likeness (QED) is 0.166. The van der Waals surface area contributed by atoms with Crippen molar-refractivity contribution in [1.82, 2.24) is 38.6 Å². The number of hydrogen-bond acceptors (Lipinski definition) is 5. The number of fused-ring (bicyclic) bond motifs is 9. The Morgan fingerprint density at radius 2 is 0.672 bits per heavy atom. The van der Waals surface area contributed by atoms with Gasteiger partial charge in [-0.25, -0.2) is 15.0 Å². The van der Waals surface area contributed by atoms with Gasteiger partial charge in [-0.05, 0) is 113 Å². The molecule has 0 fully saturated rings. The standard InChI is InChI=1S/C59H42N8/c1-35-19-23-46-42(29-35)43-30-36(2)20-24-47(43)65(46)52-33-41(59-63-57(39-13-7-5-8-14-39)62-58(64-59)40-15-9-6-10-16-40)34-53(56(52)67-50-17-11-27-60-54(50)55-51(67)18-12-28-61-55)66-48-25-21-37(3)31-44(48)45-32-38(4)22-26-49(45)66/h5-34H,1-4H3. The summed E-state index contributed by atoms with van der Waals surface area (Å²) in [5.74, 6) is 1.76. The van der Waals surface area contributed by atoms with E-state index in [1.807, 2.05) is 60.9 Å². The van der Waals surface area contributed by atoms with Crippen molar-refractivity contribution in [3.8, 4) is 51.2 Å². The summed E-state index contributed by atoms with van der Waals surface area (Å²) >= 11 is 0. The second-order valence-corrected chi connectivity index (χ2v) is 17.7. The molecule has 0 saturated carbocycles. The third-order valence-electron chi connectivity index (χ3n) is 13.2. The Morgan fingerprint density at radius 1 is 0.313 bits per heavy atom. The van der Waals surface area contributed by atoms with Crippen LogP contribution in [0.4, 0.5) is 0 Å². The Balaban J connectivity index is 1.27. The van der Waals surface area contributed by atoms with Crippen molar-refractivity contribution >= 4 is 65.7 Å². The van der Waals surface area contributed by atoms with Crippen LogP contribution in [-0.4, -0.2) is 38.6 Å². The Labute approximate surface area is 386 Å². The lowest BCUT2D eigenvalue weighted by Crippen LogP contribution is -2.10. The van der Waals surface area contributed by atoms with E-state index in [0.29, 0.717) is 17.5 Å². The van der Waals surface area contributed by atoms with Crippen LogP contribution in [0.15, 0.2) is 182 Å². The molecule has 0 atom stereocenters. The van der Waals surface area contributed by atoms with E-state index >= 15 is 0 Å². The van der Waals surface area contributed by atoms with Crippen LogP contribution in [0, 0.1) is 27.7 Å². The number of rotatable bonds is 6. The predicted octanol–water partition coefficient (Wildman–Crippen LogP) is 14.2. The van der Waals surface area contributed by atoms with Crippen LogP contribution in [0.25, 0.3) is 117 Å². The molecule has 0 bridgehead atoms. The van der Waals surface area contributed by atoms with Crippen LogP contribution < -0.4 is 0 Å². The second kappa shape index (κ2) is 14.9. The second-order valence-electron chi connectivity index (χ2n) is 17.7. The highest BCUT2D eigenvalue weighted by molar-refractivity contribution is 6.13. The number of benzene rings is 7. The molecule has 13 aromatic rings. The van der Waals surface area contributed by atoms with Crippen LogP contribution in [0.3, 0.4) is 0 Å². The van der Waals surface area contributed by atoms with E-state index in [1.165, 1.54) is 43.8 Å². The van der Waals surface area contributed by atoms with Crippen molar-refractivity contribution in [2.24, 2.45) is 0 Å². The lowest BCUT2D eigenvalue weighted by atomic mass is 10.1. The highest BCUT2D eigenvalue weighted by Crippen LogP contribution is 2.45. The maximum atomic E-state index is 5.36. The van der Waals surface area contributed by atoms with E-state index in [1.54, 1.807) is 0 Å². The fourth-order valence-corrected chi connectivity index (χ4v) is 10.2. The molecule has 8 heteroatoms. The molecule has 67 heavy (non-hydrogen) atoms. The molecule has 6 aromatic heterocycles. The minimum absolute atomic E-state index is 0.562. The van der Waals surface area contributed by atoms with Gasteiger partial charge in [0.2, 0.25) is 0 Å². The molecular formula is C59H42N8. The SMILES string of the molecule is Cc1ccc2c(c1)c1cc(C)ccc1n2-c1cc(-c2nc(-c3ccccc3)nc(-c3ccccc3)n2)cc(-n2c3ccc(C)cc3c3cc(C)ccc32)c1-n1c2cccnc2c2ncccc21. The lowest BCUT2D eigenvalue weighted by Gasteiger charge is -2.23. The molecule has 0 aliphatic heterocycles. The molecule has 0 amide bonds. The number of nitrogens with zero attached hydrogens (tertiary/aromatic N) is 8. The summed E-state index contributed by atoms with van der Waals surface area (Å²) in [4.78, 5) is 25.8. The van der Waals surface area contributed by atoms with Crippen molar-refractivity contribution in [2.45, 2.75) is 27.7 Å². The molecule has 318 valence electrons. The zero-order valence-electron chi connectivity index (χ0n) is 37.4. The number of pyridine rings is 2. The van der Waals surface area contributed by atoms with Gasteiger partial charge >= 0.3 is 0 Å². The van der Waals surface area contributed by atoms with Crippen LogP contribution in [0.1, 0.15) is 22.3 Å². The average Bonchev–Trinajstić information content (AvgIpc) is 3.98. The van der Waals surface area contributed by atoms with Crippen molar-refractivity contribution < 1.29 is 0 Å². The first kappa shape index (κ1) is 38.7. The van der Waals surface area contributed by atoms with Gasteiger partial charge in [-0.2, -0.15) is 0 Å². The Hall–Kier alpha value is -8.75. The zero-order chi connectivity index (χ0) is 44.9. The minimum Gasteiger partial charge on any atom is -0.307 e. The van der Waals surface area contributed by atoms with E-state index in [2.05, 4.69) is 163 Å². The summed E-state index contributed by atoms with van der Waals surface area (Å²) in [6.45, 7) is 8.67. The van der Waals surface area contributed by atoms with Gasteiger partial charge < -0.3 is 13.7 Å². The first-order chi connectivity index (χ1) is 32.9. The topological polar surface area (TPSA) is 79.2 Å². The van der Waals surface area contributed by atoms with E-state index in [9.17, 15) is 0 Å². The summed E-state index contributed by atoms with van der Waals surface area (Å²) in [6.07, 6.45) is 3.72. The van der Waals surface area contributed by atoms with Crippen molar-refractivity contribution in [3.05, 3.63) is 205 Å². The van der Waals surface area contributed by atoms with Crippen molar-refractivity contribution in [3.63, 3.8) is 0 Å². The highest BCUT2D eigenvalue weighted by Gasteiger charge is 2.28. The summed E-state index contributed by atoms with van der Waals surface area (Å²) < 4.78 is 7.25. The molecule has 0 N–H and O–H groups in total. The smallest absolute Gasteiger partial charge is 0.164 e. The number of aromatic nitrogens is 8. The number of hydrogen-bond donors (Lipinski definition) is 0. The third kappa shape index (κ3) is 6.10. The molecule has 0 radical (unpaired) electrons. The van der Waals surface area contributed by atoms with E-state index < -0.39 is 0 Å². The van der Waals surface area contributed by atoms with Gasteiger partial charge in [-0.15, -0.1) is 0 Å². The van der Waals surface area contributed by atoms with Crippen LogP contribution in [-0.2, 0) is 0 Å². The van der Waals surface area contributed by atoms with Crippen LogP contribution >= 0.6 is 0 Å². The Morgan fingerprint density at radius 3 is 1.04 bits per heavy atom. The molecule has 0 aliphatic carbocycles. The molecule has 0 spiro atoms. The van der Waals surface area contributed by atoms with Crippen LogP contribution in [0.5, 0.6) is 0 Å². The summed E-state index contributed by atoms with van der Waals surface area (Å²) in [5.41, 5.74) is 18.2. The average molecular weight is 863 g/mol. The first-order valence-electron chi connectivity index (χ1n) is 22.7. The van der Waals surface area contributed by atoms with Gasteiger partial charge in [0.25, 0.3) is 0 Å². The monoisotopic (exact) mass is 862 g/mol. The lowest BCUT2D eigenvalue weighted by molar-refractivity contribution is 1.04. The molecular weight excluding hydrogens is 821 g/mol. The fraction of sp³-hybridized carbons (Fsp3) is 0.0678. The molecule has 8 nitrogen and oxygen atoms in total. The molecule has 0 unspecified atom stereocenters. The summed E-state index contributed by atoms with van der Waals surface area (Å²) in [7, 11) is 0. The van der Waals surface area contributed by atoms with Crippen molar-refractivity contribution in [1.29, 1.82) is 0 Å². The van der Waals surface area contributed by atoms with Gasteiger partial charge in [-0.1, -0.05) is 107 Å². The molecule has 0 aliphatic rings. The molecule has 7 aromatic carbocycles. The maximum Gasteiger partial charge on any atom is 0.164 e. The first-order valence-corrected chi connectivity index (χ1v) is 22.7. The van der Waals surface area contributed by atoms with Gasteiger partial charge in [-0.3, -0.25) is 9.97 Å². The predicted molar refractivity (Wildman–Crippen MR) is 274 cm³/mol. The van der Waals surface area contributed by atoms with Crippen LogP contribution in [0.2, 0.25) is 0 Å².